The lowest BCUT2D eigenvalue weighted by atomic mass is 9.84. The fraction of sp³-hybridized carbons (Fsp3) is 0.467. The molecule has 1 aromatic rings. The number of benzene rings is 1. The number of hydrogen-bond donors (Lipinski definition) is 3. The minimum absolute atomic E-state index is 0.0349. The van der Waals surface area contributed by atoms with Crippen molar-refractivity contribution in [3.05, 3.63) is 27.3 Å². The summed E-state index contributed by atoms with van der Waals surface area (Å²) in [6, 6.07) is 4.60. The van der Waals surface area contributed by atoms with Gasteiger partial charge in [0, 0.05) is 12.1 Å². The second-order valence-electron chi connectivity index (χ2n) is 6.18. The molecule has 0 aromatic heterocycles. The molecule has 0 bridgehead atoms. The Morgan fingerprint density at radius 2 is 1.95 bits per heavy atom. The summed E-state index contributed by atoms with van der Waals surface area (Å²) >= 11 is 1.96. The van der Waals surface area contributed by atoms with Crippen molar-refractivity contribution in [2.45, 2.75) is 27.2 Å². The van der Waals surface area contributed by atoms with E-state index in [1.807, 2.05) is 43.4 Å². The van der Waals surface area contributed by atoms with Crippen LogP contribution >= 0.6 is 22.6 Å². The summed E-state index contributed by atoms with van der Waals surface area (Å²) in [7, 11) is 0. The molecule has 1 rings (SSSR count). The lowest BCUT2D eigenvalue weighted by Crippen LogP contribution is -2.35. The Kier molecular flexibility index (Phi) is 6.00. The normalized spacial score (nSPS) is 12.8. The van der Waals surface area contributed by atoms with Gasteiger partial charge in [-0.3, -0.25) is 9.59 Å². The highest BCUT2D eigenvalue weighted by Crippen LogP contribution is 2.24. The predicted molar refractivity (Wildman–Crippen MR) is 88.4 cm³/mol. The van der Waals surface area contributed by atoms with E-state index in [4.69, 9.17) is 0 Å². The number of carbonyl (C=O) groups excluding carboxylic acids is 1. The predicted octanol–water partition coefficient (Wildman–Crippen LogP) is 2.86. The molecule has 0 spiro atoms. The third kappa shape index (κ3) is 5.91. The Hall–Kier alpha value is -1.31. The van der Waals surface area contributed by atoms with Crippen molar-refractivity contribution in [3.8, 4) is 5.75 Å². The van der Waals surface area contributed by atoms with E-state index in [0.29, 0.717) is 15.6 Å². The molecule has 0 radical (unpaired) electrons. The molecule has 0 heterocycles. The largest absolute Gasteiger partial charge is 0.507 e. The summed E-state index contributed by atoms with van der Waals surface area (Å²) < 4.78 is 0.653. The van der Waals surface area contributed by atoms with E-state index in [2.05, 4.69) is 5.32 Å². The minimum atomic E-state index is -0.921. The summed E-state index contributed by atoms with van der Waals surface area (Å²) in [5.41, 5.74) is 0.183. The first-order valence-electron chi connectivity index (χ1n) is 6.59. The van der Waals surface area contributed by atoms with E-state index in [1.165, 1.54) is 6.07 Å². The van der Waals surface area contributed by atoms with Crippen LogP contribution in [-0.2, 0) is 4.79 Å². The van der Waals surface area contributed by atoms with Gasteiger partial charge < -0.3 is 15.5 Å². The van der Waals surface area contributed by atoms with Crippen LogP contribution in [0.5, 0.6) is 5.75 Å². The number of nitrogens with one attached hydrogen (secondary N) is 1. The lowest BCUT2D eigenvalue weighted by Gasteiger charge is -2.23. The Morgan fingerprint density at radius 1 is 1.33 bits per heavy atom. The van der Waals surface area contributed by atoms with Gasteiger partial charge in [-0.25, -0.2) is 0 Å². The Balaban J connectivity index is 2.69. The Bertz CT molecular complexity index is 537. The molecule has 3 N–H and O–H groups in total. The van der Waals surface area contributed by atoms with Crippen molar-refractivity contribution in [3.63, 3.8) is 0 Å². The number of aromatic hydroxyl groups is 1. The molecular weight excluding hydrogens is 385 g/mol. The quantitative estimate of drug-likeness (QED) is 0.658. The lowest BCUT2D eigenvalue weighted by molar-refractivity contribution is -0.142. The van der Waals surface area contributed by atoms with Crippen molar-refractivity contribution >= 4 is 34.5 Å². The number of aliphatic carboxylic acids is 1. The summed E-state index contributed by atoms with van der Waals surface area (Å²) in [4.78, 5) is 23.2. The van der Waals surface area contributed by atoms with Gasteiger partial charge in [0.2, 0.25) is 0 Å². The molecule has 1 atom stereocenters. The summed E-state index contributed by atoms with van der Waals surface area (Å²) in [6.45, 7) is 5.95. The van der Waals surface area contributed by atoms with Crippen LogP contribution < -0.4 is 5.32 Å². The fourth-order valence-electron chi connectivity index (χ4n) is 1.96. The number of carboxylic acid groups (broad SMARTS) is 1. The molecular formula is C15H20INO4. The second-order valence-corrected chi connectivity index (χ2v) is 7.34. The SMILES string of the molecule is CC(C)(C)CC(CNC(=O)c1ccc(I)c(O)c1)C(=O)O. The van der Waals surface area contributed by atoms with Crippen LogP contribution in [0.25, 0.3) is 0 Å². The highest BCUT2D eigenvalue weighted by Gasteiger charge is 2.25. The topological polar surface area (TPSA) is 86.6 Å². The third-order valence-electron chi connectivity index (χ3n) is 2.93. The van der Waals surface area contributed by atoms with Crippen molar-refractivity contribution in [2.75, 3.05) is 6.54 Å². The smallest absolute Gasteiger partial charge is 0.308 e. The molecule has 21 heavy (non-hydrogen) atoms. The maximum Gasteiger partial charge on any atom is 0.308 e. The first-order valence-corrected chi connectivity index (χ1v) is 7.67. The second kappa shape index (κ2) is 7.11. The van der Waals surface area contributed by atoms with Gasteiger partial charge in [-0.05, 0) is 52.6 Å². The van der Waals surface area contributed by atoms with Gasteiger partial charge in [0.25, 0.3) is 5.91 Å². The van der Waals surface area contributed by atoms with Crippen molar-refractivity contribution in [1.29, 1.82) is 0 Å². The average Bonchev–Trinajstić information content (AvgIpc) is 2.35. The molecule has 6 heteroatoms. The van der Waals surface area contributed by atoms with Crippen LogP contribution in [0.3, 0.4) is 0 Å². The molecule has 0 saturated carbocycles. The van der Waals surface area contributed by atoms with Crippen LogP contribution in [0.4, 0.5) is 0 Å². The standard InChI is InChI=1S/C15H20INO4/c1-15(2,3)7-10(14(20)21)8-17-13(19)9-4-5-11(16)12(18)6-9/h4-6,10,18H,7-8H2,1-3H3,(H,17,19)(H,20,21). The van der Waals surface area contributed by atoms with E-state index in [0.717, 1.165) is 0 Å². The van der Waals surface area contributed by atoms with Gasteiger partial charge in [-0.2, -0.15) is 0 Å². The van der Waals surface area contributed by atoms with Crippen LogP contribution in [-0.4, -0.2) is 28.6 Å². The van der Waals surface area contributed by atoms with Crippen LogP contribution in [0.2, 0.25) is 0 Å². The zero-order valence-electron chi connectivity index (χ0n) is 12.3. The molecule has 5 nitrogen and oxygen atoms in total. The van der Waals surface area contributed by atoms with Crippen LogP contribution in [0.1, 0.15) is 37.6 Å². The zero-order chi connectivity index (χ0) is 16.2. The number of rotatable bonds is 5. The van der Waals surface area contributed by atoms with Gasteiger partial charge in [-0.1, -0.05) is 20.8 Å². The molecule has 0 aliphatic carbocycles. The van der Waals surface area contributed by atoms with E-state index in [-0.39, 0.29) is 23.6 Å². The first-order chi connectivity index (χ1) is 9.60. The summed E-state index contributed by atoms with van der Waals surface area (Å²) in [5, 5.41) is 21.4. The molecule has 1 amide bonds. The molecule has 116 valence electrons. The van der Waals surface area contributed by atoms with Crippen molar-refractivity contribution in [2.24, 2.45) is 11.3 Å². The highest BCUT2D eigenvalue weighted by atomic mass is 127. The maximum atomic E-state index is 12.0. The van der Waals surface area contributed by atoms with E-state index in [1.54, 1.807) is 12.1 Å². The molecule has 1 aromatic carbocycles. The Morgan fingerprint density at radius 3 is 2.43 bits per heavy atom. The molecule has 0 aliphatic rings. The van der Waals surface area contributed by atoms with Gasteiger partial charge >= 0.3 is 5.97 Å². The van der Waals surface area contributed by atoms with Gasteiger partial charge in [0.15, 0.2) is 0 Å². The minimum Gasteiger partial charge on any atom is -0.507 e. The van der Waals surface area contributed by atoms with E-state index < -0.39 is 11.9 Å². The number of hydrogen-bond acceptors (Lipinski definition) is 3. The van der Waals surface area contributed by atoms with Crippen LogP contribution in [0, 0.1) is 14.9 Å². The number of carboxylic acids is 1. The summed E-state index contributed by atoms with van der Waals surface area (Å²) in [6.07, 6.45) is 0.473. The number of phenolic OH excluding ortho intramolecular Hbond substituents is 1. The molecule has 0 aliphatic heterocycles. The van der Waals surface area contributed by atoms with Gasteiger partial charge in [0.1, 0.15) is 5.75 Å². The number of amides is 1. The van der Waals surface area contributed by atoms with Crippen LogP contribution in [0.15, 0.2) is 18.2 Å². The summed E-state index contributed by atoms with van der Waals surface area (Å²) in [5.74, 6) is -1.91. The maximum absolute atomic E-state index is 12.0. The van der Waals surface area contributed by atoms with Crippen molar-refractivity contribution in [1.82, 2.24) is 5.32 Å². The zero-order valence-corrected chi connectivity index (χ0v) is 14.5. The molecule has 0 fully saturated rings. The van der Waals surface area contributed by atoms with Gasteiger partial charge in [0.05, 0.1) is 9.49 Å². The average molecular weight is 405 g/mol. The number of halogens is 1. The molecule has 0 saturated heterocycles. The monoisotopic (exact) mass is 405 g/mol. The number of phenols is 1. The van der Waals surface area contributed by atoms with Crippen molar-refractivity contribution < 1.29 is 19.8 Å². The van der Waals surface area contributed by atoms with Gasteiger partial charge in [-0.15, -0.1) is 0 Å². The Labute approximate surface area is 137 Å². The number of carbonyl (C=O) groups is 2. The highest BCUT2D eigenvalue weighted by molar-refractivity contribution is 14.1. The first kappa shape index (κ1) is 17.7. The van der Waals surface area contributed by atoms with E-state index >= 15 is 0 Å². The third-order valence-corrected chi connectivity index (χ3v) is 3.84. The molecule has 1 unspecified atom stereocenters. The fourth-order valence-corrected chi connectivity index (χ4v) is 2.29. The van der Waals surface area contributed by atoms with E-state index in [9.17, 15) is 19.8 Å².